The molecular weight excluding hydrogens is 260 g/mol. The van der Waals surface area contributed by atoms with Crippen molar-refractivity contribution in [3.63, 3.8) is 0 Å². The standard InChI is InChI=1S/C16H23F2NO/c1-2-11-4-3-5-13(8-11)20-10-16(19)12-6-7-14(17)15(18)9-12/h6-7,9,11,13,16H,2-5,8,10,19H2,1H3. The van der Waals surface area contributed by atoms with Gasteiger partial charge in [0.25, 0.3) is 0 Å². The summed E-state index contributed by atoms with van der Waals surface area (Å²) in [6, 6.07) is 3.37. The van der Waals surface area contributed by atoms with Gasteiger partial charge in [-0.3, -0.25) is 0 Å². The van der Waals surface area contributed by atoms with Gasteiger partial charge in [0.15, 0.2) is 11.6 Å². The van der Waals surface area contributed by atoms with Crippen LogP contribution in [-0.4, -0.2) is 12.7 Å². The van der Waals surface area contributed by atoms with E-state index in [-0.39, 0.29) is 6.10 Å². The average Bonchev–Trinajstić information content (AvgIpc) is 2.47. The van der Waals surface area contributed by atoms with E-state index >= 15 is 0 Å². The third-order valence-corrected chi connectivity index (χ3v) is 4.20. The van der Waals surface area contributed by atoms with E-state index in [0.717, 1.165) is 30.9 Å². The van der Waals surface area contributed by atoms with Gasteiger partial charge in [-0.1, -0.05) is 32.3 Å². The predicted molar refractivity (Wildman–Crippen MR) is 75.3 cm³/mol. The van der Waals surface area contributed by atoms with E-state index < -0.39 is 17.7 Å². The van der Waals surface area contributed by atoms with Gasteiger partial charge < -0.3 is 10.5 Å². The molecule has 1 aromatic rings. The highest BCUT2D eigenvalue weighted by Crippen LogP contribution is 2.29. The van der Waals surface area contributed by atoms with Crippen molar-refractivity contribution < 1.29 is 13.5 Å². The molecule has 1 aromatic carbocycles. The SMILES string of the molecule is CCC1CCCC(OCC(N)c2ccc(F)c(F)c2)C1. The lowest BCUT2D eigenvalue weighted by atomic mass is 9.85. The van der Waals surface area contributed by atoms with Crippen molar-refractivity contribution in [2.24, 2.45) is 11.7 Å². The molecule has 0 bridgehead atoms. The van der Waals surface area contributed by atoms with Gasteiger partial charge in [-0.15, -0.1) is 0 Å². The van der Waals surface area contributed by atoms with Gasteiger partial charge in [-0.05, 0) is 36.5 Å². The van der Waals surface area contributed by atoms with Crippen molar-refractivity contribution in [2.75, 3.05) is 6.61 Å². The number of hydrogen-bond donors (Lipinski definition) is 1. The number of ether oxygens (including phenoxy) is 1. The van der Waals surface area contributed by atoms with Crippen LogP contribution in [0.25, 0.3) is 0 Å². The Morgan fingerprint density at radius 2 is 2.10 bits per heavy atom. The highest BCUT2D eigenvalue weighted by molar-refractivity contribution is 5.21. The summed E-state index contributed by atoms with van der Waals surface area (Å²) in [6.07, 6.45) is 6.08. The Kier molecular flexibility index (Phi) is 5.49. The minimum atomic E-state index is -0.860. The van der Waals surface area contributed by atoms with Gasteiger partial charge in [0.1, 0.15) is 0 Å². The van der Waals surface area contributed by atoms with Crippen LogP contribution >= 0.6 is 0 Å². The molecule has 0 amide bonds. The van der Waals surface area contributed by atoms with E-state index in [4.69, 9.17) is 10.5 Å². The Bertz CT molecular complexity index is 438. The molecule has 1 saturated carbocycles. The van der Waals surface area contributed by atoms with Crippen molar-refractivity contribution in [3.05, 3.63) is 35.4 Å². The van der Waals surface area contributed by atoms with Crippen LogP contribution in [0.5, 0.6) is 0 Å². The van der Waals surface area contributed by atoms with Crippen LogP contribution in [0.15, 0.2) is 18.2 Å². The molecule has 1 aliphatic rings. The van der Waals surface area contributed by atoms with Gasteiger partial charge in [0, 0.05) is 0 Å². The first-order chi connectivity index (χ1) is 9.60. The van der Waals surface area contributed by atoms with E-state index in [9.17, 15) is 8.78 Å². The summed E-state index contributed by atoms with van der Waals surface area (Å²) < 4.78 is 31.9. The minimum Gasteiger partial charge on any atom is -0.376 e. The van der Waals surface area contributed by atoms with E-state index in [1.165, 1.54) is 25.3 Å². The Morgan fingerprint density at radius 1 is 1.30 bits per heavy atom. The normalized spacial score (nSPS) is 24.6. The summed E-state index contributed by atoms with van der Waals surface area (Å²) in [5.74, 6) is -0.963. The molecule has 20 heavy (non-hydrogen) atoms. The van der Waals surface area contributed by atoms with Crippen molar-refractivity contribution in [1.29, 1.82) is 0 Å². The summed E-state index contributed by atoms with van der Waals surface area (Å²) >= 11 is 0. The first-order valence-electron chi connectivity index (χ1n) is 7.42. The fourth-order valence-corrected chi connectivity index (χ4v) is 2.84. The molecular formula is C16H23F2NO. The second-order valence-electron chi connectivity index (χ2n) is 5.68. The van der Waals surface area contributed by atoms with Crippen LogP contribution in [0.4, 0.5) is 8.78 Å². The maximum Gasteiger partial charge on any atom is 0.159 e. The zero-order valence-electron chi connectivity index (χ0n) is 11.9. The topological polar surface area (TPSA) is 35.2 Å². The second-order valence-corrected chi connectivity index (χ2v) is 5.68. The zero-order chi connectivity index (χ0) is 14.5. The molecule has 112 valence electrons. The molecule has 0 aromatic heterocycles. The van der Waals surface area contributed by atoms with Gasteiger partial charge in [-0.25, -0.2) is 8.78 Å². The first-order valence-corrected chi connectivity index (χ1v) is 7.42. The number of rotatable bonds is 5. The van der Waals surface area contributed by atoms with Crippen molar-refractivity contribution in [3.8, 4) is 0 Å². The maximum absolute atomic E-state index is 13.2. The van der Waals surface area contributed by atoms with E-state index in [2.05, 4.69) is 6.92 Å². The second kappa shape index (κ2) is 7.14. The Labute approximate surface area is 119 Å². The summed E-state index contributed by atoms with van der Waals surface area (Å²) in [4.78, 5) is 0. The monoisotopic (exact) mass is 283 g/mol. The van der Waals surface area contributed by atoms with Crippen LogP contribution in [-0.2, 0) is 4.74 Å². The number of hydrogen-bond acceptors (Lipinski definition) is 2. The number of nitrogens with two attached hydrogens (primary N) is 1. The van der Waals surface area contributed by atoms with Crippen molar-refractivity contribution in [2.45, 2.75) is 51.2 Å². The largest absolute Gasteiger partial charge is 0.376 e. The molecule has 4 heteroatoms. The van der Waals surface area contributed by atoms with Gasteiger partial charge in [0.05, 0.1) is 18.8 Å². The fraction of sp³-hybridized carbons (Fsp3) is 0.625. The molecule has 0 saturated heterocycles. The molecule has 0 heterocycles. The lowest BCUT2D eigenvalue weighted by molar-refractivity contribution is 0.00558. The summed E-state index contributed by atoms with van der Waals surface area (Å²) in [5.41, 5.74) is 6.56. The average molecular weight is 283 g/mol. The third-order valence-electron chi connectivity index (χ3n) is 4.20. The van der Waals surface area contributed by atoms with E-state index in [0.29, 0.717) is 12.2 Å². The molecule has 1 fully saturated rings. The molecule has 2 rings (SSSR count). The van der Waals surface area contributed by atoms with Crippen LogP contribution in [0.3, 0.4) is 0 Å². The fourth-order valence-electron chi connectivity index (χ4n) is 2.84. The molecule has 3 atom stereocenters. The van der Waals surface area contributed by atoms with Crippen LogP contribution in [0, 0.1) is 17.6 Å². The zero-order valence-corrected chi connectivity index (χ0v) is 11.9. The molecule has 1 aliphatic carbocycles. The third kappa shape index (κ3) is 4.00. The van der Waals surface area contributed by atoms with Gasteiger partial charge >= 0.3 is 0 Å². The Balaban J connectivity index is 1.85. The van der Waals surface area contributed by atoms with E-state index in [1.807, 2.05) is 0 Å². The molecule has 2 nitrogen and oxygen atoms in total. The lowest BCUT2D eigenvalue weighted by Gasteiger charge is -2.29. The molecule has 0 radical (unpaired) electrons. The van der Waals surface area contributed by atoms with Crippen molar-refractivity contribution in [1.82, 2.24) is 0 Å². The molecule has 3 unspecified atom stereocenters. The predicted octanol–water partition coefficient (Wildman–Crippen LogP) is 3.95. The number of benzene rings is 1. The summed E-state index contributed by atoms with van der Waals surface area (Å²) in [6.45, 7) is 2.56. The van der Waals surface area contributed by atoms with Crippen molar-refractivity contribution >= 4 is 0 Å². The summed E-state index contributed by atoms with van der Waals surface area (Å²) in [7, 11) is 0. The minimum absolute atomic E-state index is 0.255. The van der Waals surface area contributed by atoms with Crippen LogP contribution < -0.4 is 5.73 Å². The molecule has 2 N–H and O–H groups in total. The lowest BCUT2D eigenvalue weighted by Crippen LogP contribution is -2.27. The highest BCUT2D eigenvalue weighted by atomic mass is 19.2. The number of halogens is 2. The van der Waals surface area contributed by atoms with Gasteiger partial charge in [-0.2, -0.15) is 0 Å². The van der Waals surface area contributed by atoms with Crippen LogP contribution in [0.1, 0.15) is 50.6 Å². The van der Waals surface area contributed by atoms with Crippen LogP contribution in [0.2, 0.25) is 0 Å². The van der Waals surface area contributed by atoms with Gasteiger partial charge in [0.2, 0.25) is 0 Å². The Hall–Kier alpha value is -1.00. The molecule has 0 aliphatic heterocycles. The van der Waals surface area contributed by atoms with E-state index in [1.54, 1.807) is 0 Å². The smallest absolute Gasteiger partial charge is 0.159 e. The first kappa shape index (κ1) is 15.4. The quantitative estimate of drug-likeness (QED) is 0.888. The highest BCUT2D eigenvalue weighted by Gasteiger charge is 2.22. The Morgan fingerprint density at radius 3 is 2.80 bits per heavy atom. The summed E-state index contributed by atoms with van der Waals surface area (Å²) in [5, 5.41) is 0. The molecule has 0 spiro atoms. The maximum atomic E-state index is 13.2.